The Balaban J connectivity index is 1.23. The molecule has 3 heterocycles. The zero-order valence-electron chi connectivity index (χ0n) is 24.0. The van der Waals surface area contributed by atoms with Gasteiger partial charge in [-0.3, -0.25) is 9.59 Å². The average Bonchev–Trinajstić information content (AvgIpc) is 3.66. The van der Waals surface area contributed by atoms with E-state index in [0.717, 1.165) is 81.7 Å². The van der Waals surface area contributed by atoms with Crippen LogP contribution in [-0.4, -0.2) is 52.8 Å². The molecule has 0 radical (unpaired) electrons. The lowest BCUT2D eigenvalue weighted by molar-refractivity contribution is -0.210. The number of nitrogens with one attached hydrogen (secondary N) is 3. The second kappa shape index (κ2) is 13.7. The van der Waals surface area contributed by atoms with Crippen molar-refractivity contribution in [3.05, 3.63) is 30.0 Å². The van der Waals surface area contributed by atoms with Gasteiger partial charge in [-0.25, -0.2) is 0 Å². The van der Waals surface area contributed by atoms with Gasteiger partial charge in [0.2, 0.25) is 5.91 Å². The Labute approximate surface area is 249 Å². The third-order valence-electron chi connectivity index (χ3n) is 9.19. The molecule has 5 rings (SSSR count). The lowest BCUT2D eigenvalue weighted by Crippen LogP contribution is -2.62. The van der Waals surface area contributed by atoms with Crippen molar-refractivity contribution in [3.8, 4) is 0 Å². The van der Waals surface area contributed by atoms with Crippen LogP contribution in [0.15, 0.2) is 24.3 Å². The Kier molecular flexibility index (Phi) is 10.0. The summed E-state index contributed by atoms with van der Waals surface area (Å²) in [5.41, 5.74) is 0.563. The SMILES string of the molecule is O=C(Nc1ccc(N2CCCC2)cc1)c1nnsc1NC(=O)C1CNC2(CCCCCCCCCC2)C(C(F)(F)F)C1. The van der Waals surface area contributed by atoms with Crippen molar-refractivity contribution < 1.29 is 22.8 Å². The summed E-state index contributed by atoms with van der Waals surface area (Å²) in [4.78, 5) is 28.5. The monoisotopic (exact) mass is 606 g/mol. The van der Waals surface area contributed by atoms with E-state index in [1.807, 2.05) is 24.3 Å². The number of aromatic nitrogens is 2. The highest BCUT2D eigenvalue weighted by molar-refractivity contribution is 7.10. The Hall–Kier alpha value is -2.73. The highest BCUT2D eigenvalue weighted by Gasteiger charge is 2.56. The van der Waals surface area contributed by atoms with Crippen molar-refractivity contribution in [2.24, 2.45) is 11.8 Å². The average molecular weight is 607 g/mol. The van der Waals surface area contributed by atoms with Gasteiger partial charge >= 0.3 is 6.18 Å². The highest BCUT2D eigenvalue weighted by Crippen LogP contribution is 2.46. The highest BCUT2D eigenvalue weighted by atomic mass is 32.1. The summed E-state index contributed by atoms with van der Waals surface area (Å²) < 4.78 is 47.4. The molecule has 1 saturated carbocycles. The van der Waals surface area contributed by atoms with Gasteiger partial charge in [-0.1, -0.05) is 55.9 Å². The molecule has 1 spiro atoms. The summed E-state index contributed by atoms with van der Waals surface area (Å²) >= 11 is 0.836. The van der Waals surface area contributed by atoms with Crippen molar-refractivity contribution >= 4 is 39.7 Å². The number of benzene rings is 1. The van der Waals surface area contributed by atoms with E-state index in [-0.39, 0.29) is 23.7 Å². The predicted octanol–water partition coefficient (Wildman–Crippen LogP) is 6.77. The van der Waals surface area contributed by atoms with Crippen LogP contribution < -0.4 is 20.9 Å². The number of carbonyl (C=O) groups is 2. The van der Waals surface area contributed by atoms with E-state index in [0.29, 0.717) is 18.5 Å². The van der Waals surface area contributed by atoms with E-state index in [2.05, 4.69) is 30.4 Å². The van der Waals surface area contributed by atoms with Crippen LogP contribution in [0.3, 0.4) is 0 Å². The lowest BCUT2D eigenvalue weighted by Gasteiger charge is -2.48. The first-order valence-corrected chi connectivity index (χ1v) is 16.1. The van der Waals surface area contributed by atoms with E-state index < -0.39 is 35.4 Å². The molecule has 2 unspecified atom stereocenters. The Morgan fingerprint density at radius 3 is 2.14 bits per heavy atom. The standard InChI is InChI=1S/C30H41F3N6O2S/c31-30(32,33)24-19-21(20-34-29(24)15-7-5-3-1-2-4-6-8-16-29)26(40)36-28-25(37-38-42-28)27(41)35-22-11-13-23(14-12-22)39-17-9-10-18-39/h11-14,21,24,34H,1-10,15-20H2,(H,35,41)(H,36,40). The summed E-state index contributed by atoms with van der Waals surface area (Å²) in [6, 6.07) is 7.52. The van der Waals surface area contributed by atoms with Crippen molar-refractivity contribution in [1.29, 1.82) is 0 Å². The van der Waals surface area contributed by atoms with Crippen LogP contribution in [0.2, 0.25) is 0 Å². The molecular formula is C30H41F3N6O2S. The van der Waals surface area contributed by atoms with Crippen molar-refractivity contribution in [3.63, 3.8) is 0 Å². The predicted molar refractivity (Wildman–Crippen MR) is 159 cm³/mol. The van der Waals surface area contributed by atoms with E-state index in [1.54, 1.807) is 0 Å². The molecule has 2 aromatic rings. The van der Waals surface area contributed by atoms with Gasteiger partial charge in [-0.2, -0.15) is 13.2 Å². The summed E-state index contributed by atoms with van der Waals surface area (Å²) in [5.74, 6) is -3.60. The minimum Gasteiger partial charge on any atom is -0.372 e. The Bertz CT molecular complexity index is 1190. The summed E-state index contributed by atoms with van der Waals surface area (Å²) in [5, 5.41) is 12.7. The fraction of sp³-hybridized carbons (Fsp3) is 0.667. The summed E-state index contributed by atoms with van der Waals surface area (Å²) in [6.45, 7) is 2.19. The molecule has 8 nitrogen and oxygen atoms in total. The van der Waals surface area contributed by atoms with Crippen LogP contribution >= 0.6 is 11.5 Å². The first kappa shape index (κ1) is 30.7. The van der Waals surface area contributed by atoms with Gasteiger partial charge in [-0.05, 0) is 56.4 Å². The molecule has 1 aromatic carbocycles. The second-order valence-corrected chi connectivity index (χ2v) is 12.8. The number of rotatable bonds is 5. The van der Waals surface area contributed by atoms with Crippen molar-refractivity contribution in [1.82, 2.24) is 14.9 Å². The fourth-order valence-electron chi connectivity index (χ4n) is 6.84. The maximum Gasteiger partial charge on any atom is 0.393 e. The topological polar surface area (TPSA) is 99.2 Å². The van der Waals surface area contributed by atoms with Crippen LogP contribution in [0, 0.1) is 11.8 Å². The van der Waals surface area contributed by atoms with Gasteiger partial charge in [0.15, 0.2) is 5.69 Å². The number of piperidine rings is 1. The number of halogens is 3. The Morgan fingerprint density at radius 2 is 1.52 bits per heavy atom. The molecular weight excluding hydrogens is 565 g/mol. The molecule has 3 aliphatic rings. The normalized spacial score (nSPS) is 23.7. The van der Waals surface area contributed by atoms with Crippen molar-refractivity contribution in [2.45, 2.75) is 95.2 Å². The molecule has 3 fully saturated rings. The maximum absolute atomic E-state index is 14.5. The van der Waals surface area contributed by atoms with Crippen molar-refractivity contribution in [2.75, 3.05) is 35.2 Å². The van der Waals surface area contributed by atoms with Gasteiger partial charge < -0.3 is 20.9 Å². The first-order valence-electron chi connectivity index (χ1n) is 15.4. The van der Waals surface area contributed by atoms with E-state index in [9.17, 15) is 22.8 Å². The Morgan fingerprint density at radius 1 is 0.905 bits per heavy atom. The van der Waals surface area contributed by atoms with Gasteiger partial charge in [0.25, 0.3) is 5.91 Å². The zero-order chi connectivity index (χ0) is 29.6. The van der Waals surface area contributed by atoms with Gasteiger partial charge in [0.1, 0.15) is 5.00 Å². The maximum atomic E-state index is 14.5. The lowest BCUT2D eigenvalue weighted by atomic mass is 9.69. The van der Waals surface area contributed by atoms with Gasteiger partial charge in [0.05, 0.1) is 11.8 Å². The molecule has 0 bridgehead atoms. The molecule has 2 saturated heterocycles. The second-order valence-electron chi connectivity index (χ2n) is 12.0. The van der Waals surface area contributed by atoms with Gasteiger partial charge in [0, 0.05) is 48.1 Å². The minimum atomic E-state index is -4.42. The molecule has 2 atom stereocenters. The summed E-state index contributed by atoms with van der Waals surface area (Å²) in [7, 11) is 0. The molecule has 12 heteroatoms. The number of nitrogens with zero attached hydrogens (tertiary/aromatic N) is 3. The largest absolute Gasteiger partial charge is 0.393 e. The van der Waals surface area contributed by atoms with Gasteiger partial charge in [-0.15, -0.1) is 5.10 Å². The van der Waals surface area contributed by atoms with Crippen LogP contribution in [0.4, 0.5) is 29.5 Å². The van der Waals surface area contributed by atoms with Crippen LogP contribution in [0.1, 0.15) is 94.0 Å². The summed E-state index contributed by atoms with van der Waals surface area (Å²) in [6.07, 6.45) is 6.33. The number of hydrogen-bond acceptors (Lipinski definition) is 7. The molecule has 1 aromatic heterocycles. The molecule has 2 amide bonds. The zero-order valence-corrected chi connectivity index (χ0v) is 24.8. The fourth-order valence-corrected chi connectivity index (χ4v) is 7.41. The quantitative estimate of drug-likeness (QED) is 0.348. The number of anilines is 3. The molecule has 3 N–H and O–H groups in total. The first-order chi connectivity index (χ1) is 20.2. The third-order valence-corrected chi connectivity index (χ3v) is 9.83. The molecule has 230 valence electrons. The van der Waals surface area contributed by atoms with E-state index >= 15 is 0 Å². The van der Waals surface area contributed by atoms with Crippen LogP contribution in [0.25, 0.3) is 0 Å². The van der Waals surface area contributed by atoms with E-state index in [1.165, 1.54) is 12.8 Å². The minimum absolute atomic E-state index is 0.0621. The molecule has 2 aliphatic heterocycles. The van der Waals surface area contributed by atoms with Crippen LogP contribution in [-0.2, 0) is 4.79 Å². The number of carbonyl (C=O) groups excluding carboxylic acids is 2. The molecule has 42 heavy (non-hydrogen) atoms. The van der Waals surface area contributed by atoms with E-state index in [4.69, 9.17) is 0 Å². The smallest absolute Gasteiger partial charge is 0.372 e. The molecule has 1 aliphatic carbocycles. The third kappa shape index (κ3) is 7.42. The number of amides is 2. The number of alkyl halides is 3. The number of hydrogen-bond donors (Lipinski definition) is 3. The van der Waals surface area contributed by atoms with Crippen LogP contribution in [0.5, 0.6) is 0 Å².